The largest absolute Gasteiger partial charge is 0.120 e. The fraction of sp³-hybridized carbons (Fsp3) is 0. The standard InChI is InChI=1S/C59H34/c1-2-18-38-36-19-4-6-22-40(36)52-34-54(42-24-9-12-28-46(42)56(52)44(38)26-3-1)58-48-30-14-16-32-50(48)59(51-33-17-15-31-49(51)58)55-35-53-41-23-7-5-20-37(41)39-21-8-11-27-45(39)57(53)47-29-13-10-25-43(47)55/h1-2,4-35H. The second-order valence-corrected chi connectivity index (χ2v) is 15.9. The van der Waals surface area contributed by atoms with Crippen LogP contribution in [0.3, 0.4) is 0 Å². The van der Waals surface area contributed by atoms with Gasteiger partial charge in [0.2, 0.25) is 0 Å². The summed E-state index contributed by atoms with van der Waals surface area (Å²) < 4.78 is 0. The van der Waals surface area contributed by atoms with Crippen LogP contribution in [-0.2, 0) is 0 Å². The van der Waals surface area contributed by atoms with Crippen LogP contribution in [0.4, 0.5) is 0 Å². The van der Waals surface area contributed by atoms with E-state index in [0.29, 0.717) is 0 Å². The van der Waals surface area contributed by atoms with Crippen LogP contribution in [0, 0.1) is 0 Å². The predicted molar refractivity (Wildman–Crippen MR) is 256 cm³/mol. The maximum Gasteiger partial charge on any atom is -0.00137 e. The van der Waals surface area contributed by atoms with E-state index in [9.17, 15) is 0 Å². The molecule has 13 rings (SSSR count). The van der Waals surface area contributed by atoms with Crippen molar-refractivity contribution in [2.24, 2.45) is 0 Å². The Labute approximate surface area is 340 Å². The summed E-state index contributed by atoms with van der Waals surface area (Å²) in [5, 5.41) is 22.9. The number of rotatable bonds is 2. The first-order chi connectivity index (χ1) is 29.3. The molecule has 0 unspecified atom stereocenters. The van der Waals surface area contributed by atoms with Crippen molar-refractivity contribution in [3.05, 3.63) is 211 Å². The Morgan fingerprint density at radius 3 is 1.12 bits per heavy atom. The van der Waals surface area contributed by atoms with Gasteiger partial charge in [-0.3, -0.25) is 0 Å². The van der Waals surface area contributed by atoms with Crippen LogP contribution in [0.15, 0.2) is 200 Å². The van der Waals surface area contributed by atoms with Gasteiger partial charge in [0.05, 0.1) is 0 Å². The Balaban J connectivity index is 1.21. The molecule has 0 heteroatoms. The number of hydrogen-bond donors (Lipinski definition) is 0. The fourth-order valence-corrected chi connectivity index (χ4v) is 10.7. The summed E-state index contributed by atoms with van der Waals surface area (Å²) in [7, 11) is 0. The predicted octanol–water partition coefficient (Wildman–Crippen LogP) is 16.6. The van der Waals surface area contributed by atoms with Crippen LogP contribution in [0.5, 0.6) is 0 Å². The van der Waals surface area contributed by atoms with Crippen LogP contribution >= 0.6 is 0 Å². The van der Waals surface area contributed by atoms with Crippen molar-refractivity contribution in [3.63, 3.8) is 0 Å². The highest BCUT2D eigenvalue weighted by Gasteiger charge is 2.23. The molecular weight excluding hydrogens is 709 g/mol. The van der Waals surface area contributed by atoms with Crippen molar-refractivity contribution in [1.29, 1.82) is 0 Å². The van der Waals surface area contributed by atoms with Gasteiger partial charge < -0.3 is 0 Å². The molecule has 1 aliphatic carbocycles. The van der Waals surface area contributed by atoms with Crippen molar-refractivity contribution >= 4 is 109 Å². The first-order valence-corrected chi connectivity index (χ1v) is 20.5. The molecular formula is C59H34. The number of benzene rings is 12. The molecule has 0 radical (unpaired) electrons. The van der Waals surface area contributed by atoms with Gasteiger partial charge in [0.25, 0.3) is 0 Å². The van der Waals surface area contributed by atoms with Gasteiger partial charge in [0.15, 0.2) is 0 Å². The number of fused-ring (bicyclic) bond motifs is 18. The first kappa shape index (κ1) is 32.3. The van der Waals surface area contributed by atoms with Gasteiger partial charge >= 0.3 is 0 Å². The minimum Gasteiger partial charge on any atom is -0.120 e. The van der Waals surface area contributed by atoms with Crippen molar-refractivity contribution < 1.29 is 0 Å². The lowest BCUT2D eigenvalue weighted by Gasteiger charge is -2.22. The normalized spacial score (nSPS) is 12.6. The van der Waals surface area contributed by atoms with Crippen LogP contribution in [0.2, 0.25) is 0 Å². The lowest BCUT2D eigenvalue weighted by molar-refractivity contribution is 1.70. The van der Waals surface area contributed by atoms with E-state index in [1.54, 1.807) is 0 Å². The lowest BCUT2D eigenvalue weighted by atomic mass is 9.80. The summed E-state index contributed by atoms with van der Waals surface area (Å²) in [5.41, 5.74) is 11.0. The Hall–Kier alpha value is -7.76. The van der Waals surface area contributed by atoms with E-state index < -0.39 is 0 Å². The molecule has 0 heterocycles. The Morgan fingerprint density at radius 2 is 0.610 bits per heavy atom. The fourth-order valence-electron chi connectivity index (χ4n) is 10.7. The smallest absolute Gasteiger partial charge is 0.00137 e. The molecule has 0 aromatic heterocycles. The molecule has 59 heavy (non-hydrogen) atoms. The third-order valence-electron chi connectivity index (χ3n) is 13.0. The summed E-state index contributed by atoms with van der Waals surface area (Å²) in [5.74, 6) is 0. The Kier molecular flexibility index (Phi) is 6.78. The molecule has 1 aliphatic rings. The van der Waals surface area contributed by atoms with Crippen LogP contribution < -0.4 is 0 Å². The lowest BCUT2D eigenvalue weighted by Crippen LogP contribution is -1.95. The van der Waals surface area contributed by atoms with Crippen LogP contribution in [0.1, 0.15) is 11.1 Å². The van der Waals surface area contributed by atoms with Crippen molar-refractivity contribution in [2.75, 3.05) is 0 Å². The van der Waals surface area contributed by atoms with Gasteiger partial charge in [-0.05, 0) is 155 Å². The molecule has 0 aliphatic heterocycles. The summed E-state index contributed by atoms with van der Waals surface area (Å²) in [6.07, 6.45) is 8.55. The molecule has 0 N–H and O–H groups in total. The molecule has 12 aromatic rings. The Bertz CT molecular complexity index is 3870. The van der Waals surface area contributed by atoms with E-state index in [0.717, 1.165) is 0 Å². The van der Waals surface area contributed by atoms with Gasteiger partial charge in [0.1, 0.15) is 0 Å². The molecule has 0 saturated heterocycles. The number of allylic oxidation sites excluding steroid dienone is 2. The van der Waals surface area contributed by atoms with E-state index in [1.165, 1.54) is 130 Å². The molecule has 0 amide bonds. The van der Waals surface area contributed by atoms with E-state index in [1.807, 2.05) is 6.08 Å². The van der Waals surface area contributed by atoms with Crippen LogP contribution in [-0.4, -0.2) is 0 Å². The van der Waals surface area contributed by atoms with Gasteiger partial charge in [-0.2, -0.15) is 0 Å². The zero-order valence-corrected chi connectivity index (χ0v) is 32.1. The summed E-state index contributed by atoms with van der Waals surface area (Å²) in [6.45, 7) is 0. The molecule has 0 saturated carbocycles. The van der Waals surface area contributed by atoms with Gasteiger partial charge in [0, 0.05) is 0 Å². The summed E-state index contributed by atoms with van der Waals surface area (Å²) in [6, 6.07) is 68.1. The minimum absolute atomic E-state index is 1.22. The average Bonchev–Trinajstić information content (AvgIpc) is 3.57. The topological polar surface area (TPSA) is 0 Å². The monoisotopic (exact) mass is 742 g/mol. The van der Waals surface area contributed by atoms with E-state index in [4.69, 9.17) is 0 Å². The molecule has 0 fully saturated rings. The molecule has 0 spiro atoms. The maximum atomic E-state index is 3.45. The van der Waals surface area contributed by atoms with Gasteiger partial charge in [-0.1, -0.05) is 182 Å². The zero-order valence-electron chi connectivity index (χ0n) is 32.1. The Morgan fingerprint density at radius 1 is 0.271 bits per heavy atom. The van der Waals surface area contributed by atoms with E-state index in [-0.39, 0.29) is 0 Å². The molecule has 0 nitrogen and oxygen atoms in total. The van der Waals surface area contributed by atoms with E-state index >= 15 is 0 Å². The maximum absolute atomic E-state index is 3.45. The minimum atomic E-state index is 1.22. The third kappa shape index (κ3) is 4.50. The van der Waals surface area contributed by atoms with Crippen molar-refractivity contribution in [1.82, 2.24) is 0 Å². The molecule has 270 valence electrons. The summed E-state index contributed by atoms with van der Waals surface area (Å²) >= 11 is 0. The molecule has 12 aromatic carbocycles. The highest BCUT2D eigenvalue weighted by atomic mass is 14.3. The van der Waals surface area contributed by atoms with Crippen molar-refractivity contribution in [2.45, 2.75) is 0 Å². The number of hydrogen-bond acceptors (Lipinski definition) is 0. The highest BCUT2D eigenvalue weighted by Crippen LogP contribution is 2.51. The average molecular weight is 743 g/mol. The second kappa shape index (κ2) is 12.4. The van der Waals surface area contributed by atoms with Crippen LogP contribution in [0.25, 0.3) is 131 Å². The SMILES string of the molecule is C1=CC=Cc2c(c3c4ccccc4c(-c4c5ccccc5c(-c5cc6c7ccccc7c7ccccc7c6c6ccccc56)c5ccccc45)cc3c3ccccc23)C=1. The van der Waals surface area contributed by atoms with E-state index in [2.05, 4.69) is 206 Å². The zero-order chi connectivity index (χ0) is 38.6. The quantitative estimate of drug-likeness (QED) is 0.0940. The first-order valence-electron chi connectivity index (χ1n) is 20.5. The van der Waals surface area contributed by atoms with Gasteiger partial charge in [-0.15, -0.1) is 5.73 Å². The molecule has 0 bridgehead atoms. The summed E-state index contributed by atoms with van der Waals surface area (Å²) in [4.78, 5) is 0. The highest BCUT2D eigenvalue weighted by molar-refractivity contribution is 6.35. The van der Waals surface area contributed by atoms with Gasteiger partial charge in [-0.25, -0.2) is 0 Å². The second-order valence-electron chi connectivity index (χ2n) is 15.9. The van der Waals surface area contributed by atoms with Crippen molar-refractivity contribution in [3.8, 4) is 22.3 Å². The molecule has 0 atom stereocenters. The third-order valence-corrected chi connectivity index (χ3v) is 13.0.